The molecule has 0 spiro atoms. The van der Waals surface area contributed by atoms with Crippen molar-refractivity contribution in [2.24, 2.45) is 0 Å². The summed E-state index contributed by atoms with van der Waals surface area (Å²) in [5.41, 5.74) is 0. The van der Waals surface area contributed by atoms with Gasteiger partial charge in [-0.1, -0.05) is 0 Å². The SMILES string of the molecule is CC(=O)/C=C(/C)O.CC(=O)/C=C(/C)O.CC(=O)/C=C(/C)O.[Fe]. The van der Waals surface area contributed by atoms with E-state index in [1.165, 1.54) is 59.8 Å². The number of ketones is 3. The number of hydrogen-bond donors (Lipinski definition) is 3. The van der Waals surface area contributed by atoms with Crippen LogP contribution < -0.4 is 0 Å². The van der Waals surface area contributed by atoms with Gasteiger partial charge in [0, 0.05) is 35.3 Å². The summed E-state index contributed by atoms with van der Waals surface area (Å²) in [6.45, 7) is 8.54. The van der Waals surface area contributed by atoms with E-state index in [1.807, 2.05) is 0 Å². The van der Waals surface area contributed by atoms with Crippen LogP contribution in [0.1, 0.15) is 41.5 Å². The number of allylic oxidation sites excluding steroid dienone is 6. The molecule has 0 bridgehead atoms. The smallest absolute Gasteiger partial charge is 0.155 e. The zero-order chi connectivity index (χ0) is 17.6. The van der Waals surface area contributed by atoms with E-state index < -0.39 is 0 Å². The Labute approximate surface area is 141 Å². The van der Waals surface area contributed by atoms with Crippen LogP contribution in [0, 0.1) is 0 Å². The first-order chi connectivity index (χ1) is 9.38. The molecule has 7 heteroatoms. The molecular weight excluding hydrogens is 332 g/mol. The van der Waals surface area contributed by atoms with Crippen LogP contribution >= 0.6 is 0 Å². The van der Waals surface area contributed by atoms with E-state index in [-0.39, 0.29) is 51.7 Å². The Morgan fingerprint density at radius 3 is 0.682 bits per heavy atom. The van der Waals surface area contributed by atoms with Crippen molar-refractivity contribution in [1.29, 1.82) is 0 Å². The molecule has 0 amide bonds. The van der Waals surface area contributed by atoms with Gasteiger partial charge < -0.3 is 15.3 Å². The molecule has 6 nitrogen and oxygen atoms in total. The fraction of sp³-hybridized carbons (Fsp3) is 0.400. The fourth-order valence-electron chi connectivity index (χ4n) is 0.882. The van der Waals surface area contributed by atoms with Crippen molar-refractivity contribution in [1.82, 2.24) is 0 Å². The maximum absolute atomic E-state index is 10.0. The van der Waals surface area contributed by atoms with Gasteiger partial charge in [0.2, 0.25) is 0 Å². The molecule has 0 radical (unpaired) electrons. The van der Waals surface area contributed by atoms with Crippen LogP contribution in [0.4, 0.5) is 0 Å². The molecule has 0 fully saturated rings. The van der Waals surface area contributed by atoms with Gasteiger partial charge in [-0.25, -0.2) is 0 Å². The number of aliphatic hydroxyl groups excluding tert-OH is 3. The van der Waals surface area contributed by atoms with Crippen molar-refractivity contribution in [3.63, 3.8) is 0 Å². The first kappa shape index (κ1) is 28.3. The number of aliphatic hydroxyl groups is 3. The molecule has 0 saturated heterocycles. The molecular formula is C15H24FeO6. The molecule has 0 unspecified atom stereocenters. The molecule has 0 saturated carbocycles. The molecule has 0 aromatic rings. The van der Waals surface area contributed by atoms with E-state index in [0.717, 1.165) is 0 Å². The van der Waals surface area contributed by atoms with Crippen molar-refractivity contribution < 1.29 is 46.8 Å². The van der Waals surface area contributed by atoms with Gasteiger partial charge in [-0.05, 0) is 41.5 Å². The Balaban J connectivity index is -0.000000108. The summed E-state index contributed by atoms with van der Waals surface area (Å²) in [6.07, 6.45) is 3.50. The zero-order valence-corrected chi connectivity index (χ0v) is 14.8. The molecule has 0 aliphatic heterocycles. The Morgan fingerprint density at radius 2 is 0.682 bits per heavy atom. The van der Waals surface area contributed by atoms with Crippen molar-refractivity contribution >= 4 is 17.3 Å². The van der Waals surface area contributed by atoms with Crippen LogP contribution in [0.5, 0.6) is 0 Å². The number of rotatable bonds is 3. The average Bonchev–Trinajstić information content (AvgIpc) is 2.10. The summed E-state index contributed by atoms with van der Waals surface area (Å²) in [4.78, 5) is 30.1. The quantitative estimate of drug-likeness (QED) is 0.407. The third-order valence-corrected chi connectivity index (χ3v) is 1.24. The summed E-state index contributed by atoms with van der Waals surface area (Å²) in [5.74, 6) is -0.187. The minimum atomic E-state index is -0.125. The summed E-state index contributed by atoms with van der Waals surface area (Å²) in [6, 6.07) is 0. The Hall–Kier alpha value is -1.85. The second-order valence-corrected chi connectivity index (χ2v) is 4.19. The fourth-order valence-corrected chi connectivity index (χ4v) is 0.882. The van der Waals surface area contributed by atoms with Gasteiger partial charge in [-0.3, -0.25) is 14.4 Å². The van der Waals surface area contributed by atoms with Crippen LogP contribution in [-0.2, 0) is 31.5 Å². The molecule has 0 aliphatic rings. The van der Waals surface area contributed by atoms with Gasteiger partial charge in [0.1, 0.15) is 0 Å². The number of hydrogen-bond acceptors (Lipinski definition) is 6. The molecule has 0 atom stereocenters. The summed E-state index contributed by atoms with van der Waals surface area (Å²) in [5, 5.41) is 25.1. The Bertz CT molecular complexity index is 368. The van der Waals surface area contributed by atoms with Gasteiger partial charge in [0.25, 0.3) is 0 Å². The Kier molecular flexibility index (Phi) is 22.2. The van der Waals surface area contributed by atoms with Crippen molar-refractivity contribution in [3.8, 4) is 0 Å². The van der Waals surface area contributed by atoms with Crippen LogP contribution in [0.15, 0.2) is 35.5 Å². The van der Waals surface area contributed by atoms with Crippen LogP contribution in [-0.4, -0.2) is 32.7 Å². The summed E-state index contributed by atoms with van der Waals surface area (Å²) >= 11 is 0. The van der Waals surface area contributed by atoms with E-state index in [4.69, 9.17) is 15.3 Å². The van der Waals surface area contributed by atoms with Crippen LogP contribution in [0.25, 0.3) is 0 Å². The van der Waals surface area contributed by atoms with Gasteiger partial charge in [0.15, 0.2) is 17.3 Å². The zero-order valence-electron chi connectivity index (χ0n) is 13.7. The van der Waals surface area contributed by atoms with Crippen molar-refractivity contribution in [2.45, 2.75) is 41.5 Å². The number of carbonyl (C=O) groups is 3. The largest absolute Gasteiger partial charge is 0.512 e. The third kappa shape index (κ3) is 51.8. The number of carbonyl (C=O) groups excluding carboxylic acids is 3. The molecule has 3 N–H and O–H groups in total. The van der Waals surface area contributed by atoms with E-state index in [0.29, 0.717) is 0 Å². The predicted molar refractivity (Wildman–Crippen MR) is 81.2 cm³/mol. The van der Waals surface area contributed by atoms with E-state index in [9.17, 15) is 14.4 Å². The molecule has 128 valence electrons. The predicted octanol–water partition coefficient (Wildman–Crippen LogP) is 3.11. The molecule has 0 aliphatic carbocycles. The molecule has 0 rings (SSSR count). The van der Waals surface area contributed by atoms with E-state index in [1.54, 1.807) is 0 Å². The maximum Gasteiger partial charge on any atom is 0.155 e. The normalized spacial score (nSPS) is 10.9. The minimum absolute atomic E-state index is 0. The summed E-state index contributed by atoms with van der Waals surface area (Å²) < 4.78 is 0. The van der Waals surface area contributed by atoms with Gasteiger partial charge in [0.05, 0.1) is 17.3 Å². The van der Waals surface area contributed by atoms with Crippen molar-refractivity contribution in [3.05, 3.63) is 35.5 Å². The average molecular weight is 356 g/mol. The molecule has 0 aromatic heterocycles. The minimum Gasteiger partial charge on any atom is -0.512 e. The molecule has 22 heavy (non-hydrogen) atoms. The second-order valence-electron chi connectivity index (χ2n) is 4.19. The van der Waals surface area contributed by atoms with Crippen LogP contribution in [0.3, 0.4) is 0 Å². The van der Waals surface area contributed by atoms with Crippen LogP contribution in [0.2, 0.25) is 0 Å². The molecule has 0 heterocycles. The molecule has 0 aromatic carbocycles. The van der Waals surface area contributed by atoms with Gasteiger partial charge in [-0.15, -0.1) is 0 Å². The van der Waals surface area contributed by atoms with Gasteiger partial charge in [-0.2, -0.15) is 0 Å². The first-order valence-electron chi connectivity index (χ1n) is 6.02. The Morgan fingerprint density at radius 1 is 0.545 bits per heavy atom. The van der Waals surface area contributed by atoms with Crippen molar-refractivity contribution in [2.75, 3.05) is 0 Å². The second kappa shape index (κ2) is 17.2. The van der Waals surface area contributed by atoms with E-state index >= 15 is 0 Å². The summed E-state index contributed by atoms with van der Waals surface area (Å²) in [7, 11) is 0. The first-order valence-corrected chi connectivity index (χ1v) is 6.02. The maximum atomic E-state index is 10.0. The monoisotopic (exact) mass is 356 g/mol. The van der Waals surface area contributed by atoms with E-state index in [2.05, 4.69) is 0 Å². The topological polar surface area (TPSA) is 112 Å². The third-order valence-electron chi connectivity index (χ3n) is 1.24. The standard InChI is InChI=1S/3C5H8O2.Fe/c3*1-4(6)3-5(2)7;/h3*3,6H,1-2H3;/b3*4-3-;. The van der Waals surface area contributed by atoms with Gasteiger partial charge >= 0.3 is 0 Å².